The van der Waals surface area contributed by atoms with E-state index in [0.717, 1.165) is 25.1 Å². The Morgan fingerprint density at radius 1 is 1.44 bits per heavy atom. The highest BCUT2D eigenvalue weighted by atomic mass is 35.5. The molecule has 0 aliphatic carbocycles. The zero-order valence-corrected chi connectivity index (χ0v) is 10.4. The van der Waals surface area contributed by atoms with Crippen molar-refractivity contribution in [2.24, 2.45) is 5.73 Å². The van der Waals surface area contributed by atoms with Crippen molar-refractivity contribution in [1.82, 2.24) is 0 Å². The van der Waals surface area contributed by atoms with E-state index in [1.54, 1.807) is 12.1 Å². The molecule has 1 rings (SSSR count). The molecule has 0 unspecified atom stereocenters. The summed E-state index contributed by atoms with van der Waals surface area (Å²) in [5.74, 6) is -0.393. The monoisotopic (exact) mass is 244 g/mol. The first-order chi connectivity index (χ1) is 7.38. The van der Waals surface area contributed by atoms with Gasteiger partial charge in [0.1, 0.15) is 5.82 Å². The molecule has 4 heteroatoms. The summed E-state index contributed by atoms with van der Waals surface area (Å²) in [4.78, 5) is 0. The largest absolute Gasteiger partial charge is 0.385 e. The smallest absolute Gasteiger partial charge is 0.141 e. The lowest BCUT2D eigenvalue weighted by molar-refractivity contribution is 0.465. The second-order valence-corrected chi connectivity index (χ2v) is 5.05. The fourth-order valence-corrected chi connectivity index (χ4v) is 1.56. The number of hydrogen-bond acceptors (Lipinski definition) is 2. The van der Waals surface area contributed by atoms with Gasteiger partial charge in [-0.25, -0.2) is 4.39 Å². The minimum absolute atomic E-state index is 0.137. The first kappa shape index (κ1) is 13.3. The van der Waals surface area contributed by atoms with Crippen molar-refractivity contribution < 1.29 is 4.39 Å². The van der Waals surface area contributed by atoms with Gasteiger partial charge in [-0.3, -0.25) is 0 Å². The highest BCUT2D eigenvalue weighted by molar-refractivity contribution is 6.31. The molecule has 0 aromatic heterocycles. The summed E-state index contributed by atoms with van der Waals surface area (Å²) in [6.45, 7) is 4.81. The van der Waals surface area contributed by atoms with Crippen molar-refractivity contribution in [3.8, 4) is 0 Å². The van der Waals surface area contributed by atoms with Gasteiger partial charge in [0, 0.05) is 17.8 Å². The van der Waals surface area contributed by atoms with Gasteiger partial charge in [-0.1, -0.05) is 11.6 Å². The number of anilines is 1. The SMILES string of the molecule is CC(C)(N)CCCNc1ccc(F)c(Cl)c1. The summed E-state index contributed by atoms with van der Waals surface area (Å²) in [5.41, 5.74) is 6.56. The molecule has 3 N–H and O–H groups in total. The molecule has 0 atom stereocenters. The van der Waals surface area contributed by atoms with Crippen molar-refractivity contribution in [2.75, 3.05) is 11.9 Å². The zero-order chi connectivity index (χ0) is 12.2. The van der Waals surface area contributed by atoms with Gasteiger partial charge >= 0.3 is 0 Å². The van der Waals surface area contributed by atoms with Gasteiger partial charge < -0.3 is 11.1 Å². The Balaban J connectivity index is 2.35. The minimum Gasteiger partial charge on any atom is -0.385 e. The predicted molar refractivity (Wildman–Crippen MR) is 67.4 cm³/mol. The van der Waals surface area contributed by atoms with Crippen LogP contribution in [0.4, 0.5) is 10.1 Å². The number of hydrogen-bond donors (Lipinski definition) is 2. The average molecular weight is 245 g/mol. The van der Waals surface area contributed by atoms with E-state index >= 15 is 0 Å². The van der Waals surface area contributed by atoms with Crippen LogP contribution in [0.15, 0.2) is 18.2 Å². The normalized spacial score (nSPS) is 11.6. The molecule has 1 aromatic rings. The molecule has 0 amide bonds. The summed E-state index contributed by atoms with van der Waals surface area (Å²) in [7, 11) is 0. The highest BCUT2D eigenvalue weighted by Crippen LogP contribution is 2.19. The Morgan fingerprint density at radius 2 is 2.12 bits per heavy atom. The van der Waals surface area contributed by atoms with Crippen molar-refractivity contribution in [3.63, 3.8) is 0 Å². The first-order valence-corrected chi connectivity index (χ1v) is 5.74. The van der Waals surface area contributed by atoms with E-state index in [1.807, 2.05) is 13.8 Å². The minimum atomic E-state index is -0.393. The fraction of sp³-hybridized carbons (Fsp3) is 0.500. The molecule has 0 heterocycles. The Morgan fingerprint density at radius 3 is 2.69 bits per heavy atom. The lowest BCUT2D eigenvalue weighted by Crippen LogP contribution is -2.32. The maximum Gasteiger partial charge on any atom is 0.141 e. The Labute approximate surface area is 101 Å². The third-order valence-corrected chi connectivity index (χ3v) is 2.54. The van der Waals surface area contributed by atoms with Crippen LogP contribution in [0.2, 0.25) is 5.02 Å². The van der Waals surface area contributed by atoms with Crippen LogP contribution in [0.1, 0.15) is 26.7 Å². The van der Waals surface area contributed by atoms with Crippen molar-refractivity contribution in [1.29, 1.82) is 0 Å². The van der Waals surface area contributed by atoms with Crippen molar-refractivity contribution >= 4 is 17.3 Å². The zero-order valence-electron chi connectivity index (χ0n) is 9.69. The average Bonchev–Trinajstić information content (AvgIpc) is 2.17. The number of halogens is 2. The lowest BCUT2D eigenvalue weighted by atomic mass is 10.0. The van der Waals surface area contributed by atoms with Crippen LogP contribution >= 0.6 is 11.6 Å². The molecular formula is C12H18ClFN2. The Kier molecular flexibility index (Phi) is 4.56. The van der Waals surface area contributed by atoms with E-state index in [4.69, 9.17) is 17.3 Å². The van der Waals surface area contributed by atoms with Gasteiger partial charge in [-0.15, -0.1) is 0 Å². The van der Waals surface area contributed by atoms with E-state index in [9.17, 15) is 4.39 Å². The molecular weight excluding hydrogens is 227 g/mol. The van der Waals surface area contributed by atoms with E-state index in [2.05, 4.69) is 5.32 Å². The quantitative estimate of drug-likeness (QED) is 0.779. The molecule has 0 radical (unpaired) electrons. The molecule has 2 nitrogen and oxygen atoms in total. The van der Waals surface area contributed by atoms with Crippen LogP contribution in [0.3, 0.4) is 0 Å². The Hall–Kier alpha value is -0.800. The number of benzene rings is 1. The molecule has 0 saturated heterocycles. The first-order valence-electron chi connectivity index (χ1n) is 5.36. The highest BCUT2D eigenvalue weighted by Gasteiger charge is 2.09. The molecule has 0 spiro atoms. The summed E-state index contributed by atoms with van der Waals surface area (Å²) in [5, 5.41) is 3.32. The molecule has 0 aliphatic rings. The van der Waals surface area contributed by atoms with Gasteiger partial charge in [-0.05, 0) is 44.9 Å². The Bertz CT molecular complexity index is 347. The molecule has 0 saturated carbocycles. The van der Waals surface area contributed by atoms with Crippen molar-refractivity contribution in [3.05, 3.63) is 29.0 Å². The number of nitrogens with two attached hydrogens (primary N) is 1. The molecule has 0 aliphatic heterocycles. The van der Waals surface area contributed by atoms with Gasteiger partial charge in [0.25, 0.3) is 0 Å². The van der Waals surface area contributed by atoms with Crippen LogP contribution in [-0.4, -0.2) is 12.1 Å². The number of nitrogens with one attached hydrogen (secondary N) is 1. The van der Waals surface area contributed by atoms with Gasteiger partial charge in [0.15, 0.2) is 0 Å². The fourth-order valence-electron chi connectivity index (χ4n) is 1.38. The topological polar surface area (TPSA) is 38.0 Å². The van der Waals surface area contributed by atoms with Gasteiger partial charge in [0.2, 0.25) is 0 Å². The third kappa shape index (κ3) is 4.81. The maximum absolute atomic E-state index is 12.9. The van der Waals surface area contributed by atoms with E-state index in [0.29, 0.717) is 0 Å². The second-order valence-electron chi connectivity index (χ2n) is 4.65. The molecule has 16 heavy (non-hydrogen) atoms. The van der Waals surface area contributed by atoms with Crippen LogP contribution in [-0.2, 0) is 0 Å². The van der Waals surface area contributed by atoms with E-state index < -0.39 is 5.82 Å². The van der Waals surface area contributed by atoms with Crippen LogP contribution < -0.4 is 11.1 Å². The summed E-state index contributed by atoms with van der Waals surface area (Å²) in [6, 6.07) is 4.62. The summed E-state index contributed by atoms with van der Waals surface area (Å²) < 4.78 is 12.9. The van der Waals surface area contributed by atoms with Gasteiger partial charge in [-0.2, -0.15) is 0 Å². The molecule has 90 valence electrons. The van der Waals surface area contributed by atoms with Crippen LogP contribution in [0.5, 0.6) is 0 Å². The van der Waals surface area contributed by atoms with Gasteiger partial charge in [0.05, 0.1) is 5.02 Å². The van der Waals surface area contributed by atoms with Crippen molar-refractivity contribution in [2.45, 2.75) is 32.2 Å². The lowest BCUT2D eigenvalue weighted by Gasteiger charge is -2.18. The van der Waals surface area contributed by atoms with E-state index in [1.165, 1.54) is 6.07 Å². The predicted octanol–water partition coefficient (Wildman–Crippen LogP) is 3.41. The van der Waals surface area contributed by atoms with Crippen LogP contribution in [0, 0.1) is 5.82 Å². The third-order valence-electron chi connectivity index (χ3n) is 2.25. The van der Waals surface area contributed by atoms with E-state index in [-0.39, 0.29) is 10.6 Å². The molecule has 0 fully saturated rings. The van der Waals surface area contributed by atoms with Crippen LogP contribution in [0.25, 0.3) is 0 Å². The number of rotatable bonds is 5. The standard InChI is InChI=1S/C12H18ClFN2/c1-12(2,15)6-3-7-16-9-4-5-11(14)10(13)8-9/h4-5,8,16H,3,6-7,15H2,1-2H3. The maximum atomic E-state index is 12.9. The molecule has 1 aromatic carbocycles. The molecule has 0 bridgehead atoms. The second kappa shape index (κ2) is 5.51. The summed E-state index contributed by atoms with van der Waals surface area (Å²) in [6.07, 6.45) is 1.91. The summed E-state index contributed by atoms with van der Waals surface area (Å²) >= 11 is 5.66.